The Hall–Kier alpha value is -2.22. The first kappa shape index (κ1) is 17.1. The number of methoxy groups -OCH3 is 2. The van der Waals surface area contributed by atoms with E-state index in [2.05, 4.69) is 10.3 Å². The number of ether oxygens (including phenoxy) is 2. The predicted octanol–water partition coefficient (Wildman–Crippen LogP) is 0.709. The molecule has 7 nitrogen and oxygen atoms in total. The van der Waals surface area contributed by atoms with Crippen LogP contribution in [0.25, 0.3) is 0 Å². The van der Waals surface area contributed by atoms with Gasteiger partial charge >= 0.3 is 0 Å². The number of amidine groups is 1. The molecule has 0 saturated heterocycles. The quantitative estimate of drug-likeness (QED) is 0.759. The highest BCUT2D eigenvalue weighted by Gasteiger charge is 2.28. The molecule has 23 heavy (non-hydrogen) atoms. The molecule has 0 spiro atoms. The minimum Gasteiger partial charge on any atom is -0.493 e. The van der Waals surface area contributed by atoms with E-state index in [1.165, 1.54) is 0 Å². The third-order valence-corrected chi connectivity index (χ3v) is 4.30. The number of benzene rings is 1. The van der Waals surface area contributed by atoms with Gasteiger partial charge in [0.25, 0.3) is 5.91 Å². The number of carbonyl (C=O) groups is 2. The van der Waals surface area contributed by atoms with Crippen molar-refractivity contribution < 1.29 is 19.1 Å². The van der Waals surface area contributed by atoms with Crippen LogP contribution in [0.5, 0.6) is 11.5 Å². The minimum atomic E-state index is -0.504. The van der Waals surface area contributed by atoms with Crippen molar-refractivity contribution in [2.24, 2.45) is 10.7 Å². The Balaban J connectivity index is 1.78. The monoisotopic (exact) mass is 337 g/mol. The number of carbonyl (C=O) groups excluding carboxylic acids is 2. The topological polar surface area (TPSA) is 103 Å². The lowest BCUT2D eigenvalue weighted by Gasteiger charge is -2.10. The zero-order valence-electron chi connectivity index (χ0n) is 13.0. The summed E-state index contributed by atoms with van der Waals surface area (Å²) in [5, 5.41) is 2.51. The van der Waals surface area contributed by atoms with Crippen LogP contribution in [0.2, 0.25) is 0 Å². The van der Waals surface area contributed by atoms with Crippen LogP contribution < -0.4 is 20.5 Å². The Morgan fingerprint density at radius 1 is 1.35 bits per heavy atom. The first-order chi connectivity index (χ1) is 11.0. The summed E-state index contributed by atoms with van der Waals surface area (Å²) in [6.07, 6.45) is 0.732. The number of aliphatic imine (C=N–C) groups is 1. The number of amides is 2. The second-order valence-corrected chi connectivity index (χ2v) is 6.11. The van der Waals surface area contributed by atoms with E-state index in [0.717, 1.165) is 17.3 Å². The predicted molar refractivity (Wildman–Crippen MR) is 88.9 cm³/mol. The van der Waals surface area contributed by atoms with E-state index in [0.29, 0.717) is 24.5 Å². The molecule has 1 aliphatic heterocycles. The summed E-state index contributed by atoms with van der Waals surface area (Å²) >= 11 is 1.13. The lowest BCUT2D eigenvalue weighted by atomic mass is 10.1. The van der Waals surface area contributed by atoms with Crippen molar-refractivity contribution in [1.82, 2.24) is 5.32 Å². The summed E-state index contributed by atoms with van der Waals surface area (Å²) in [7, 11) is 3.16. The van der Waals surface area contributed by atoms with Crippen LogP contribution in [0, 0.1) is 0 Å². The standard InChI is InChI=1S/C15H19N3O4S/c1-21-10-4-3-9(7-11(10)22-2)5-6-17-13(19)8-12-14(20)18-15(16)23-12/h3-4,7,12H,5-6,8H2,1-2H3,(H,17,19)(H2,16,18,20)/t12-/m0/s1. The van der Waals surface area contributed by atoms with Crippen LogP contribution in [0.1, 0.15) is 12.0 Å². The molecule has 0 saturated carbocycles. The lowest BCUT2D eigenvalue weighted by Crippen LogP contribution is -2.29. The van der Waals surface area contributed by atoms with Crippen molar-refractivity contribution in [3.8, 4) is 11.5 Å². The molecule has 3 N–H and O–H groups in total. The molecule has 1 aromatic rings. The molecule has 1 atom stereocenters. The van der Waals surface area contributed by atoms with Gasteiger partial charge in [0.15, 0.2) is 16.7 Å². The van der Waals surface area contributed by atoms with E-state index >= 15 is 0 Å². The van der Waals surface area contributed by atoms with Gasteiger partial charge in [0, 0.05) is 13.0 Å². The molecule has 0 radical (unpaired) electrons. The van der Waals surface area contributed by atoms with Gasteiger partial charge in [-0.2, -0.15) is 4.99 Å². The third-order valence-electron chi connectivity index (χ3n) is 3.31. The van der Waals surface area contributed by atoms with E-state index in [-0.39, 0.29) is 23.4 Å². The number of thioether (sulfide) groups is 1. The zero-order chi connectivity index (χ0) is 16.8. The summed E-state index contributed by atoms with van der Waals surface area (Å²) in [6, 6.07) is 5.61. The van der Waals surface area contributed by atoms with Gasteiger partial charge in [-0.15, -0.1) is 0 Å². The number of nitrogens with zero attached hydrogens (tertiary/aromatic N) is 1. The number of hydrogen-bond acceptors (Lipinski definition) is 6. The Bertz CT molecular complexity index is 633. The van der Waals surface area contributed by atoms with Gasteiger partial charge in [-0.25, -0.2) is 0 Å². The van der Waals surface area contributed by atoms with E-state index in [9.17, 15) is 9.59 Å². The number of rotatable bonds is 7. The van der Waals surface area contributed by atoms with Gasteiger partial charge in [-0.3, -0.25) is 9.59 Å². The molecule has 2 rings (SSSR count). The molecule has 1 aliphatic rings. The Labute approximate surface area is 138 Å². The molecule has 0 aliphatic carbocycles. The maximum atomic E-state index is 11.9. The maximum Gasteiger partial charge on any atom is 0.262 e. The van der Waals surface area contributed by atoms with E-state index in [4.69, 9.17) is 15.2 Å². The van der Waals surface area contributed by atoms with E-state index in [1.54, 1.807) is 14.2 Å². The van der Waals surface area contributed by atoms with Crippen LogP contribution in [-0.4, -0.2) is 43.0 Å². The second-order valence-electron chi connectivity index (χ2n) is 4.89. The van der Waals surface area contributed by atoms with E-state index in [1.807, 2.05) is 18.2 Å². The van der Waals surface area contributed by atoms with Gasteiger partial charge in [0.1, 0.15) is 5.25 Å². The van der Waals surface area contributed by atoms with Crippen molar-refractivity contribution in [1.29, 1.82) is 0 Å². The average molecular weight is 337 g/mol. The number of hydrogen-bond donors (Lipinski definition) is 2. The minimum absolute atomic E-state index is 0.0830. The van der Waals surface area contributed by atoms with Crippen molar-refractivity contribution in [3.63, 3.8) is 0 Å². The molecule has 1 aromatic carbocycles. The molecule has 0 bridgehead atoms. The van der Waals surface area contributed by atoms with Gasteiger partial charge in [0.2, 0.25) is 5.91 Å². The molecular weight excluding hydrogens is 318 g/mol. The molecule has 0 unspecified atom stereocenters. The van der Waals surface area contributed by atoms with Crippen LogP contribution in [0.3, 0.4) is 0 Å². The normalized spacial score (nSPS) is 16.9. The number of nitrogens with one attached hydrogen (secondary N) is 1. The van der Waals surface area contributed by atoms with Crippen molar-refractivity contribution >= 4 is 28.7 Å². The summed E-state index contributed by atoms with van der Waals surface area (Å²) < 4.78 is 10.4. The van der Waals surface area contributed by atoms with Crippen molar-refractivity contribution in [3.05, 3.63) is 23.8 Å². The molecule has 124 valence electrons. The van der Waals surface area contributed by atoms with E-state index < -0.39 is 5.25 Å². The average Bonchev–Trinajstić information content (AvgIpc) is 2.84. The van der Waals surface area contributed by atoms with Gasteiger partial charge < -0.3 is 20.5 Å². The number of nitrogens with two attached hydrogens (primary N) is 1. The van der Waals surface area contributed by atoms with Gasteiger partial charge in [-0.1, -0.05) is 17.8 Å². The highest BCUT2D eigenvalue weighted by molar-refractivity contribution is 8.15. The van der Waals surface area contributed by atoms with Crippen LogP contribution >= 0.6 is 11.8 Å². The fraction of sp³-hybridized carbons (Fsp3) is 0.400. The SMILES string of the molecule is COc1ccc(CCNC(=O)C[C@@H]2SC(N)=NC2=O)cc1OC. The fourth-order valence-electron chi connectivity index (χ4n) is 2.16. The summed E-state index contributed by atoms with van der Waals surface area (Å²) in [5.41, 5.74) is 6.47. The molecule has 1 heterocycles. The lowest BCUT2D eigenvalue weighted by molar-refractivity contribution is -0.124. The smallest absolute Gasteiger partial charge is 0.262 e. The largest absolute Gasteiger partial charge is 0.493 e. The Morgan fingerprint density at radius 2 is 2.09 bits per heavy atom. The molecule has 0 fully saturated rings. The zero-order valence-corrected chi connectivity index (χ0v) is 13.8. The second kappa shape index (κ2) is 7.87. The highest BCUT2D eigenvalue weighted by Crippen LogP contribution is 2.27. The van der Waals surface area contributed by atoms with Crippen LogP contribution in [0.15, 0.2) is 23.2 Å². The van der Waals surface area contributed by atoms with Gasteiger partial charge in [-0.05, 0) is 24.1 Å². The third kappa shape index (κ3) is 4.62. The molecule has 0 aromatic heterocycles. The summed E-state index contributed by atoms with van der Waals surface area (Å²) in [6.45, 7) is 0.468. The molecular formula is C15H19N3O4S. The van der Waals surface area contributed by atoms with Crippen molar-refractivity contribution in [2.75, 3.05) is 20.8 Å². The Morgan fingerprint density at radius 3 is 2.70 bits per heavy atom. The van der Waals surface area contributed by atoms with Gasteiger partial charge in [0.05, 0.1) is 14.2 Å². The Kier molecular flexibility index (Phi) is 5.86. The fourth-order valence-corrected chi connectivity index (χ4v) is 2.98. The maximum absolute atomic E-state index is 11.9. The molecule has 2 amide bonds. The summed E-state index contributed by atoms with van der Waals surface area (Å²) in [5.74, 6) is 0.773. The molecule has 8 heteroatoms. The summed E-state index contributed by atoms with van der Waals surface area (Å²) in [4.78, 5) is 26.9. The van der Waals surface area contributed by atoms with Crippen LogP contribution in [-0.2, 0) is 16.0 Å². The highest BCUT2D eigenvalue weighted by atomic mass is 32.2. The van der Waals surface area contributed by atoms with Crippen LogP contribution in [0.4, 0.5) is 0 Å². The first-order valence-corrected chi connectivity index (χ1v) is 7.93. The first-order valence-electron chi connectivity index (χ1n) is 7.05. The van der Waals surface area contributed by atoms with Crippen molar-refractivity contribution in [2.45, 2.75) is 18.1 Å².